The second kappa shape index (κ2) is 7.32. The normalized spacial score (nSPS) is 11.7. The molecule has 0 spiro atoms. The average molecular weight is 429 g/mol. The molecule has 0 atom stereocenters. The van der Waals surface area contributed by atoms with E-state index in [0.29, 0.717) is 0 Å². The largest absolute Gasteiger partial charge is 0.143 e. The molecule has 1 aromatic heterocycles. The van der Waals surface area contributed by atoms with Gasteiger partial charge in [-0.05, 0) is 98.4 Å². The molecule has 0 bridgehead atoms. The highest BCUT2D eigenvalue weighted by Crippen LogP contribution is 2.44. The first kappa shape index (κ1) is 19.3. The van der Waals surface area contributed by atoms with Crippen molar-refractivity contribution in [3.63, 3.8) is 0 Å². The summed E-state index contributed by atoms with van der Waals surface area (Å²) < 4.78 is 1.36. The van der Waals surface area contributed by atoms with Crippen LogP contribution in [0.25, 0.3) is 53.5 Å². The Morgan fingerprint density at radius 3 is 2.25 bits per heavy atom. The zero-order valence-corrected chi connectivity index (χ0v) is 19.2. The number of fused-ring (bicyclic) bond motifs is 5. The summed E-state index contributed by atoms with van der Waals surface area (Å²) in [6.07, 6.45) is 2.88. The topological polar surface area (TPSA) is 0 Å². The van der Waals surface area contributed by atoms with Gasteiger partial charge in [-0.2, -0.15) is 0 Å². The van der Waals surface area contributed by atoms with E-state index in [1.54, 1.807) is 0 Å². The minimum Gasteiger partial charge on any atom is -0.143 e. The maximum absolute atomic E-state index is 4.03. The van der Waals surface area contributed by atoms with E-state index in [2.05, 4.69) is 98.6 Å². The molecule has 0 aliphatic heterocycles. The van der Waals surface area contributed by atoms with Gasteiger partial charge >= 0.3 is 0 Å². The molecule has 6 aromatic rings. The third-order valence-electron chi connectivity index (χ3n) is 6.77. The molecule has 1 heterocycles. The predicted octanol–water partition coefficient (Wildman–Crippen LogP) is 9.37. The van der Waals surface area contributed by atoms with Crippen LogP contribution in [0.3, 0.4) is 0 Å². The van der Waals surface area contributed by atoms with Crippen molar-refractivity contribution in [1.82, 2.24) is 0 Å². The van der Waals surface area contributed by atoms with Crippen LogP contribution in [0, 0.1) is 13.8 Å². The van der Waals surface area contributed by atoms with Crippen LogP contribution in [0.4, 0.5) is 0 Å². The van der Waals surface area contributed by atoms with Crippen molar-refractivity contribution in [3.05, 3.63) is 108 Å². The van der Waals surface area contributed by atoms with Gasteiger partial charge in [0, 0.05) is 15.6 Å². The lowest BCUT2D eigenvalue weighted by Gasteiger charge is -2.14. The lowest BCUT2D eigenvalue weighted by Crippen LogP contribution is -1.91. The van der Waals surface area contributed by atoms with Crippen molar-refractivity contribution in [2.75, 3.05) is 0 Å². The fourth-order valence-corrected chi connectivity index (χ4v) is 6.39. The molecule has 1 heteroatoms. The van der Waals surface area contributed by atoms with Crippen LogP contribution in [-0.4, -0.2) is 0 Å². The number of rotatable bonds is 3. The second-order valence-electron chi connectivity index (χ2n) is 8.71. The van der Waals surface area contributed by atoms with Crippen LogP contribution >= 0.6 is 11.3 Å². The van der Waals surface area contributed by atoms with Crippen molar-refractivity contribution < 1.29 is 0 Å². The van der Waals surface area contributed by atoms with Crippen LogP contribution in [0.5, 0.6) is 0 Å². The third kappa shape index (κ3) is 2.82. The minimum absolute atomic E-state index is 0.864. The summed E-state index contributed by atoms with van der Waals surface area (Å²) in [6.45, 7) is 8.56. The zero-order chi connectivity index (χ0) is 21.8. The molecule has 0 radical (unpaired) electrons. The van der Waals surface area contributed by atoms with Gasteiger partial charge in [0.2, 0.25) is 0 Å². The number of hydrogen-bond acceptors (Lipinski definition) is 1. The van der Waals surface area contributed by atoms with Gasteiger partial charge in [-0.3, -0.25) is 0 Å². The summed E-state index contributed by atoms with van der Waals surface area (Å²) in [4.78, 5) is 0. The number of benzene rings is 5. The first-order valence-electron chi connectivity index (χ1n) is 11.1. The first-order valence-corrected chi connectivity index (χ1v) is 12.0. The molecule has 0 saturated carbocycles. The molecule has 5 aromatic carbocycles. The number of allylic oxidation sites excluding steroid dienone is 1. The quantitative estimate of drug-likeness (QED) is 0.194. The Balaban J connectivity index is 1.77. The van der Waals surface area contributed by atoms with E-state index >= 15 is 0 Å². The number of hydrogen-bond donors (Lipinski definition) is 0. The van der Waals surface area contributed by atoms with Crippen LogP contribution in [0.2, 0.25) is 0 Å². The Bertz CT molecular complexity index is 1680. The van der Waals surface area contributed by atoms with E-state index < -0.39 is 0 Å². The van der Waals surface area contributed by atoms with Crippen molar-refractivity contribution in [2.45, 2.75) is 20.3 Å². The van der Waals surface area contributed by atoms with Crippen LogP contribution in [0.1, 0.15) is 16.7 Å². The fraction of sp³-hybridized carbons (Fsp3) is 0.0968. The highest BCUT2D eigenvalue weighted by molar-refractivity contribution is 7.18. The molecule has 154 valence electrons. The van der Waals surface area contributed by atoms with E-state index in [1.807, 2.05) is 17.4 Å². The first-order chi connectivity index (χ1) is 15.7. The van der Waals surface area contributed by atoms with Crippen LogP contribution in [0.15, 0.2) is 90.8 Å². The lowest BCUT2D eigenvalue weighted by atomic mass is 9.89. The molecule has 0 aliphatic carbocycles. The van der Waals surface area contributed by atoms with E-state index in [9.17, 15) is 0 Å². The molecule has 0 fully saturated rings. The summed E-state index contributed by atoms with van der Waals surface area (Å²) >= 11 is 1.86. The summed E-state index contributed by atoms with van der Waals surface area (Å²) in [5.41, 5.74) is 6.73. The van der Waals surface area contributed by atoms with Crippen LogP contribution < -0.4 is 0 Å². The van der Waals surface area contributed by atoms with Gasteiger partial charge in [0.05, 0.1) is 0 Å². The van der Waals surface area contributed by atoms with Gasteiger partial charge in [0.1, 0.15) is 0 Å². The van der Waals surface area contributed by atoms with E-state index in [1.165, 1.54) is 70.2 Å². The summed E-state index contributed by atoms with van der Waals surface area (Å²) in [5, 5.41) is 11.7. The van der Waals surface area contributed by atoms with Crippen molar-refractivity contribution in [3.8, 4) is 11.1 Å². The molecule has 0 saturated heterocycles. The van der Waals surface area contributed by atoms with Gasteiger partial charge < -0.3 is 0 Å². The van der Waals surface area contributed by atoms with Gasteiger partial charge in [-0.1, -0.05) is 60.7 Å². The highest BCUT2D eigenvalue weighted by Gasteiger charge is 2.17. The van der Waals surface area contributed by atoms with E-state index in [4.69, 9.17) is 0 Å². The Morgan fingerprint density at radius 2 is 1.47 bits per heavy atom. The van der Waals surface area contributed by atoms with Crippen molar-refractivity contribution >= 4 is 53.7 Å². The Kier molecular flexibility index (Phi) is 4.41. The molecule has 6 rings (SSSR count). The smallest absolute Gasteiger partial charge is 0.0358 e. The molecular formula is C31H24S. The maximum Gasteiger partial charge on any atom is 0.0358 e. The molecule has 0 amide bonds. The molecule has 0 nitrogen and oxygen atoms in total. The molecule has 0 N–H and O–H groups in total. The zero-order valence-electron chi connectivity index (χ0n) is 18.4. The monoisotopic (exact) mass is 428 g/mol. The van der Waals surface area contributed by atoms with Gasteiger partial charge in [-0.15, -0.1) is 17.9 Å². The molecular weight excluding hydrogens is 404 g/mol. The predicted molar refractivity (Wildman–Crippen MR) is 143 cm³/mol. The maximum atomic E-state index is 4.03. The van der Waals surface area contributed by atoms with E-state index in [0.717, 1.165) is 6.42 Å². The second-order valence-corrected chi connectivity index (χ2v) is 9.62. The lowest BCUT2D eigenvalue weighted by molar-refractivity contribution is 1.29. The fourth-order valence-electron chi connectivity index (χ4n) is 5.32. The number of thiophene rings is 1. The molecule has 0 aliphatic rings. The van der Waals surface area contributed by atoms with Gasteiger partial charge in [-0.25, -0.2) is 0 Å². The third-order valence-corrected chi connectivity index (χ3v) is 7.70. The van der Waals surface area contributed by atoms with Crippen LogP contribution in [-0.2, 0) is 6.42 Å². The standard InChI is InChI=1S/C31H24S/c1-4-9-23-15-21-10-5-6-11-22(21)16-26(23)28-18-32-29-14-19(2)30-20(3)25-13-8-7-12-24(25)17-27(30)31(28)29/h4-8,10-18H,1,9H2,2-3H3. The highest BCUT2D eigenvalue weighted by atomic mass is 32.1. The average Bonchev–Trinajstić information content (AvgIpc) is 3.22. The molecule has 32 heavy (non-hydrogen) atoms. The van der Waals surface area contributed by atoms with Crippen molar-refractivity contribution in [2.24, 2.45) is 0 Å². The SMILES string of the molecule is C=CCc1cc2ccccc2cc1-c1csc2cc(C)c3c(C)c4ccccc4cc3c12. The van der Waals surface area contributed by atoms with Crippen molar-refractivity contribution in [1.29, 1.82) is 0 Å². The molecule has 0 unspecified atom stereocenters. The Labute approximate surface area is 192 Å². The van der Waals surface area contributed by atoms with Gasteiger partial charge in [0.25, 0.3) is 0 Å². The summed E-state index contributed by atoms with van der Waals surface area (Å²) in [5.74, 6) is 0. The Morgan fingerprint density at radius 1 is 0.750 bits per heavy atom. The summed E-state index contributed by atoms with van der Waals surface area (Å²) in [7, 11) is 0. The van der Waals surface area contributed by atoms with E-state index in [-0.39, 0.29) is 0 Å². The minimum atomic E-state index is 0.864. The Hall–Kier alpha value is -3.42. The summed E-state index contributed by atoms with van der Waals surface area (Å²) in [6, 6.07) is 26.9. The number of aryl methyl sites for hydroxylation is 2. The van der Waals surface area contributed by atoms with Gasteiger partial charge in [0.15, 0.2) is 0 Å².